The van der Waals surface area contributed by atoms with Crippen LogP contribution in [0.4, 0.5) is 0 Å². The molecule has 1 aromatic rings. The standard InChI is InChI=1S/C30H36O8/c1-8-16(32)12-19-28(6)14(4)17-10-9-11-18(33)21(17)25(35)23(28)27(37)30(38)26(36)20(15(5)31)24(34)22(13(2)3)29(19,30)7/h9-11,13-14,19-20,22-23,33,38H,8,12H2,1-7H3/t14-,19-,20?,22?,23?,28-,29-,30+/m1/s1. The third-order valence-corrected chi connectivity index (χ3v) is 10.2. The smallest absolute Gasteiger partial charge is 0.190 e. The highest BCUT2D eigenvalue weighted by Gasteiger charge is 2.80. The number of rotatable bonds is 5. The Balaban J connectivity index is 2.15. The average molecular weight is 525 g/mol. The minimum atomic E-state index is -2.85. The summed E-state index contributed by atoms with van der Waals surface area (Å²) in [6.45, 7) is 11.2. The maximum Gasteiger partial charge on any atom is 0.190 e. The van der Waals surface area contributed by atoms with Gasteiger partial charge in [-0.25, -0.2) is 0 Å². The third kappa shape index (κ3) is 3.12. The molecule has 3 aliphatic rings. The number of carbonyl (C=O) groups is 6. The Morgan fingerprint density at radius 2 is 1.66 bits per heavy atom. The van der Waals surface area contributed by atoms with E-state index in [1.807, 2.05) is 0 Å². The van der Waals surface area contributed by atoms with E-state index in [0.29, 0.717) is 5.56 Å². The lowest BCUT2D eigenvalue weighted by atomic mass is 9.34. The van der Waals surface area contributed by atoms with Crippen molar-refractivity contribution < 1.29 is 39.0 Å². The monoisotopic (exact) mass is 524 g/mol. The minimum absolute atomic E-state index is 0.0496. The number of fused-ring (bicyclic) bond motifs is 3. The predicted molar refractivity (Wildman–Crippen MR) is 136 cm³/mol. The summed E-state index contributed by atoms with van der Waals surface area (Å²) >= 11 is 0. The summed E-state index contributed by atoms with van der Waals surface area (Å²) in [5, 5.41) is 23.0. The maximum absolute atomic E-state index is 14.5. The van der Waals surface area contributed by atoms with Gasteiger partial charge in [0.15, 0.2) is 28.7 Å². The van der Waals surface area contributed by atoms with Gasteiger partial charge in [0.25, 0.3) is 0 Å². The Bertz CT molecular complexity index is 1290. The van der Waals surface area contributed by atoms with Crippen molar-refractivity contribution in [3.63, 3.8) is 0 Å². The molecule has 1 aromatic carbocycles. The van der Waals surface area contributed by atoms with Crippen molar-refractivity contribution in [1.82, 2.24) is 0 Å². The van der Waals surface area contributed by atoms with Gasteiger partial charge >= 0.3 is 0 Å². The molecule has 3 aliphatic carbocycles. The third-order valence-electron chi connectivity index (χ3n) is 10.2. The topological polar surface area (TPSA) is 143 Å². The number of ketones is 6. The molecule has 0 saturated heterocycles. The van der Waals surface area contributed by atoms with Crippen LogP contribution in [-0.2, 0) is 24.0 Å². The summed E-state index contributed by atoms with van der Waals surface area (Å²) in [7, 11) is 0. The number of carbonyl (C=O) groups excluding carboxylic acids is 6. The molecule has 8 atom stereocenters. The van der Waals surface area contributed by atoms with Crippen LogP contribution < -0.4 is 0 Å². The second kappa shape index (κ2) is 8.76. The van der Waals surface area contributed by atoms with Crippen molar-refractivity contribution in [1.29, 1.82) is 0 Å². The van der Waals surface area contributed by atoms with Crippen LogP contribution in [-0.4, -0.2) is 50.5 Å². The number of phenolic OH excluding ortho intramolecular Hbond substituents is 1. The van der Waals surface area contributed by atoms with E-state index in [4.69, 9.17) is 0 Å². The molecule has 0 aromatic heterocycles. The molecule has 2 N–H and O–H groups in total. The second-order valence-corrected chi connectivity index (χ2v) is 12.2. The van der Waals surface area contributed by atoms with Crippen molar-refractivity contribution in [2.45, 2.75) is 72.8 Å². The highest BCUT2D eigenvalue weighted by Crippen LogP contribution is 2.70. The van der Waals surface area contributed by atoms with E-state index in [1.165, 1.54) is 13.0 Å². The molecule has 0 bridgehead atoms. The molecule has 0 heterocycles. The molecular weight excluding hydrogens is 488 g/mol. The summed E-state index contributed by atoms with van der Waals surface area (Å²) in [6.07, 6.45) is -0.0282. The summed E-state index contributed by atoms with van der Waals surface area (Å²) in [4.78, 5) is 81.9. The molecule has 0 radical (unpaired) electrons. The van der Waals surface area contributed by atoms with Crippen molar-refractivity contribution in [3.8, 4) is 5.75 Å². The van der Waals surface area contributed by atoms with Gasteiger partial charge in [-0.2, -0.15) is 0 Å². The van der Waals surface area contributed by atoms with Crippen molar-refractivity contribution in [3.05, 3.63) is 29.3 Å². The van der Waals surface area contributed by atoms with Crippen molar-refractivity contribution >= 4 is 34.7 Å². The highest BCUT2D eigenvalue weighted by molar-refractivity contribution is 6.32. The lowest BCUT2D eigenvalue weighted by molar-refractivity contribution is -0.225. The van der Waals surface area contributed by atoms with Gasteiger partial charge in [-0.3, -0.25) is 28.8 Å². The molecular formula is C30H36O8. The zero-order valence-electron chi connectivity index (χ0n) is 23.0. The average Bonchev–Trinajstić information content (AvgIpc) is 2.82. The van der Waals surface area contributed by atoms with E-state index >= 15 is 0 Å². The van der Waals surface area contributed by atoms with E-state index in [1.54, 1.807) is 46.8 Å². The Labute approximate surface area is 222 Å². The van der Waals surface area contributed by atoms with E-state index in [-0.39, 0.29) is 29.9 Å². The van der Waals surface area contributed by atoms with Crippen molar-refractivity contribution in [2.75, 3.05) is 0 Å². The molecule has 0 spiro atoms. The van der Waals surface area contributed by atoms with E-state index < -0.39 is 80.9 Å². The molecule has 0 amide bonds. The summed E-state index contributed by atoms with van der Waals surface area (Å²) < 4.78 is 0. The molecule has 204 valence electrons. The molecule has 2 fully saturated rings. The number of benzene rings is 1. The first kappa shape index (κ1) is 28.0. The van der Waals surface area contributed by atoms with Crippen LogP contribution in [0.5, 0.6) is 5.75 Å². The molecule has 8 nitrogen and oxygen atoms in total. The van der Waals surface area contributed by atoms with Gasteiger partial charge in [0.2, 0.25) is 0 Å². The number of Topliss-reactive ketones (excluding diaryl/α,β-unsaturated/α-hetero) is 6. The van der Waals surface area contributed by atoms with Crippen LogP contribution in [0.3, 0.4) is 0 Å². The van der Waals surface area contributed by atoms with Gasteiger partial charge in [0, 0.05) is 24.2 Å². The first-order chi connectivity index (χ1) is 17.5. The van der Waals surface area contributed by atoms with Crippen LogP contribution in [0.1, 0.15) is 83.1 Å². The number of hydrogen-bond acceptors (Lipinski definition) is 8. The zero-order chi connectivity index (χ0) is 28.7. The molecule has 3 unspecified atom stereocenters. The maximum atomic E-state index is 14.5. The van der Waals surface area contributed by atoms with Crippen LogP contribution in [0, 0.1) is 40.4 Å². The van der Waals surface area contributed by atoms with Gasteiger partial charge in [0.1, 0.15) is 23.2 Å². The molecule has 8 heteroatoms. The number of aromatic hydroxyl groups is 1. The lowest BCUT2D eigenvalue weighted by Gasteiger charge is -2.67. The first-order valence-electron chi connectivity index (χ1n) is 13.3. The SMILES string of the molecule is CCC(=O)C[C@@H]1[C@]2(C)C(C(=O)c3c(O)cccc3[C@H]2C)C(=O)[C@@]2(O)C(=O)C(C(C)=O)C(=O)C(C(C)C)[C@@]12C. The second-order valence-electron chi connectivity index (χ2n) is 12.2. The Morgan fingerprint density at radius 3 is 2.18 bits per heavy atom. The quantitative estimate of drug-likeness (QED) is 0.559. The Morgan fingerprint density at radius 1 is 1.05 bits per heavy atom. The van der Waals surface area contributed by atoms with E-state index in [9.17, 15) is 39.0 Å². The molecule has 4 rings (SSSR count). The van der Waals surface area contributed by atoms with E-state index in [2.05, 4.69) is 0 Å². The first-order valence-corrected chi connectivity index (χ1v) is 13.3. The summed E-state index contributed by atoms with van der Waals surface area (Å²) in [5.41, 5.74) is -5.45. The Kier molecular flexibility index (Phi) is 6.46. The molecule has 2 saturated carbocycles. The van der Waals surface area contributed by atoms with Gasteiger partial charge in [-0.1, -0.05) is 53.7 Å². The van der Waals surface area contributed by atoms with Gasteiger partial charge in [0.05, 0.1) is 11.5 Å². The molecule has 0 aliphatic heterocycles. The number of aliphatic hydroxyl groups is 1. The fourth-order valence-corrected chi connectivity index (χ4v) is 8.33. The summed E-state index contributed by atoms with van der Waals surface area (Å²) in [5.74, 6) is -11.5. The largest absolute Gasteiger partial charge is 0.507 e. The van der Waals surface area contributed by atoms with Gasteiger partial charge < -0.3 is 10.2 Å². The Hall–Kier alpha value is -3.00. The fourth-order valence-electron chi connectivity index (χ4n) is 8.33. The zero-order valence-corrected chi connectivity index (χ0v) is 23.0. The van der Waals surface area contributed by atoms with Crippen LogP contribution in [0.25, 0.3) is 0 Å². The van der Waals surface area contributed by atoms with Crippen molar-refractivity contribution in [2.24, 2.45) is 40.4 Å². The molecule has 38 heavy (non-hydrogen) atoms. The number of phenols is 1. The van der Waals surface area contributed by atoms with Crippen LogP contribution >= 0.6 is 0 Å². The van der Waals surface area contributed by atoms with Crippen LogP contribution in [0.15, 0.2) is 18.2 Å². The number of hydrogen-bond donors (Lipinski definition) is 2. The minimum Gasteiger partial charge on any atom is -0.507 e. The predicted octanol–water partition coefficient (Wildman–Crippen LogP) is 3.25. The van der Waals surface area contributed by atoms with Gasteiger partial charge in [-0.15, -0.1) is 0 Å². The fraction of sp³-hybridized carbons (Fsp3) is 0.600. The summed E-state index contributed by atoms with van der Waals surface area (Å²) in [6, 6.07) is 4.62. The van der Waals surface area contributed by atoms with Gasteiger partial charge in [-0.05, 0) is 41.7 Å². The lowest BCUT2D eigenvalue weighted by Crippen LogP contribution is -2.80. The van der Waals surface area contributed by atoms with Crippen LogP contribution in [0.2, 0.25) is 0 Å². The normalized spacial score (nSPS) is 38.5. The van der Waals surface area contributed by atoms with E-state index in [0.717, 1.165) is 6.92 Å². The highest BCUT2D eigenvalue weighted by atomic mass is 16.3.